The van der Waals surface area contributed by atoms with E-state index >= 15 is 0 Å². The highest BCUT2D eigenvalue weighted by Gasteiger charge is 2.09. The molecule has 8 heteroatoms. The van der Waals surface area contributed by atoms with Gasteiger partial charge in [-0.2, -0.15) is 4.98 Å². The number of rotatable bonds is 5. The van der Waals surface area contributed by atoms with E-state index in [1.807, 2.05) is 18.2 Å². The Hall–Kier alpha value is -1.73. The molecule has 0 spiro atoms. The van der Waals surface area contributed by atoms with Crippen LogP contribution >= 0.6 is 23.4 Å². The number of methoxy groups -OCH3 is 1. The molecule has 1 aromatic carbocycles. The van der Waals surface area contributed by atoms with E-state index in [0.717, 1.165) is 4.90 Å². The maximum Gasteiger partial charge on any atom is 0.336 e. The van der Waals surface area contributed by atoms with Gasteiger partial charge in [-0.1, -0.05) is 23.7 Å². The van der Waals surface area contributed by atoms with Crippen molar-refractivity contribution in [3.05, 3.63) is 29.3 Å². The Labute approximate surface area is 118 Å². The molecule has 0 bridgehead atoms. The predicted octanol–water partition coefficient (Wildman–Crippen LogP) is 2.20. The predicted molar refractivity (Wildman–Crippen MR) is 73.7 cm³/mol. The van der Waals surface area contributed by atoms with E-state index in [-0.39, 0.29) is 23.6 Å². The Morgan fingerprint density at radius 2 is 2.32 bits per heavy atom. The number of aromatic nitrogens is 3. The molecule has 100 valence electrons. The van der Waals surface area contributed by atoms with Gasteiger partial charge < -0.3 is 4.74 Å². The molecule has 0 saturated heterocycles. The number of nitrogens with one attached hydrogen (secondary N) is 2. The molecule has 0 radical (unpaired) electrons. The van der Waals surface area contributed by atoms with Crippen molar-refractivity contribution in [1.82, 2.24) is 15.2 Å². The smallest absolute Gasteiger partial charge is 0.336 e. The first-order valence-corrected chi connectivity index (χ1v) is 6.69. The van der Waals surface area contributed by atoms with Crippen molar-refractivity contribution in [3.8, 4) is 6.01 Å². The first-order valence-electron chi connectivity index (χ1n) is 5.32. The Bertz CT molecular complexity index is 575. The fourth-order valence-corrected chi connectivity index (χ4v) is 2.31. The zero-order chi connectivity index (χ0) is 13.7. The Balaban J connectivity index is 1.86. The molecule has 0 aliphatic heterocycles. The van der Waals surface area contributed by atoms with Gasteiger partial charge in [0.2, 0.25) is 11.9 Å². The van der Waals surface area contributed by atoms with Crippen molar-refractivity contribution in [2.75, 3.05) is 18.2 Å². The van der Waals surface area contributed by atoms with Crippen molar-refractivity contribution in [1.29, 1.82) is 0 Å². The third-order valence-corrected chi connectivity index (χ3v) is 3.62. The number of hydrogen-bond acceptors (Lipinski definition) is 5. The molecule has 6 nitrogen and oxygen atoms in total. The molecule has 1 amide bonds. The standard InChI is InChI=1S/C11H11ClN4O2S/c1-18-11-14-10(15-16-11)13-9(17)6-19-8-5-3-2-4-7(8)12/h2-5H,6H2,1H3,(H2,13,14,15,16,17). The number of aromatic amines is 1. The molecule has 0 atom stereocenters. The number of halogens is 1. The lowest BCUT2D eigenvalue weighted by Gasteiger charge is -2.03. The van der Waals surface area contributed by atoms with Crippen LogP contribution in [0.15, 0.2) is 29.2 Å². The highest BCUT2D eigenvalue weighted by Crippen LogP contribution is 2.26. The van der Waals surface area contributed by atoms with E-state index in [1.165, 1.54) is 18.9 Å². The van der Waals surface area contributed by atoms with Gasteiger partial charge in [0.25, 0.3) is 0 Å². The Morgan fingerprint density at radius 3 is 3.00 bits per heavy atom. The maximum absolute atomic E-state index is 11.7. The molecule has 0 aliphatic carbocycles. The van der Waals surface area contributed by atoms with Crippen LogP contribution in [0.5, 0.6) is 6.01 Å². The van der Waals surface area contributed by atoms with E-state index in [1.54, 1.807) is 6.07 Å². The zero-order valence-electron chi connectivity index (χ0n) is 10.0. The lowest BCUT2D eigenvalue weighted by molar-refractivity contribution is -0.113. The first-order chi connectivity index (χ1) is 9.19. The largest absolute Gasteiger partial charge is 0.466 e. The normalized spacial score (nSPS) is 10.2. The second kappa shape index (κ2) is 6.44. The third-order valence-electron chi connectivity index (χ3n) is 2.10. The summed E-state index contributed by atoms with van der Waals surface area (Å²) in [7, 11) is 1.45. The second-order valence-electron chi connectivity index (χ2n) is 3.44. The highest BCUT2D eigenvalue weighted by molar-refractivity contribution is 8.00. The summed E-state index contributed by atoms with van der Waals surface area (Å²) in [5.74, 6) is 0.276. The van der Waals surface area contributed by atoms with Gasteiger partial charge in [-0.15, -0.1) is 16.9 Å². The summed E-state index contributed by atoms with van der Waals surface area (Å²) >= 11 is 7.34. The number of amides is 1. The van der Waals surface area contributed by atoms with Crippen LogP contribution < -0.4 is 10.1 Å². The van der Waals surface area contributed by atoms with E-state index in [9.17, 15) is 4.79 Å². The number of anilines is 1. The van der Waals surface area contributed by atoms with Crippen molar-refractivity contribution < 1.29 is 9.53 Å². The van der Waals surface area contributed by atoms with E-state index < -0.39 is 0 Å². The SMILES string of the molecule is COc1n[nH]c(NC(=O)CSc2ccccc2Cl)n1. The van der Waals surface area contributed by atoms with E-state index in [0.29, 0.717) is 5.02 Å². The summed E-state index contributed by atoms with van der Waals surface area (Å²) in [6, 6.07) is 7.52. The van der Waals surface area contributed by atoms with Crippen molar-refractivity contribution in [3.63, 3.8) is 0 Å². The molecule has 0 saturated carbocycles. The molecule has 2 N–H and O–H groups in total. The molecule has 2 aromatic rings. The van der Waals surface area contributed by atoms with Gasteiger partial charge in [-0.3, -0.25) is 10.1 Å². The summed E-state index contributed by atoms with van der Waals surface area (Å²) in [5.41, 5.74) is 0. The summed E-state index contributed by atoms with van der Waals surface area (Å²) in [6.07, 6.45) is 0. The minimum Gasteiger partial charge on any atom is -0.466 e. The summed E-state index contributed by atoms with van der Waals surface area (Å²) in [6.45, 7) is 0. The van der Waals surface area contributed by atoms with Gasteiger partial charge in [-0.25, -0.2) is 5.10 Å². The Morgan fingerprint density at radius 1 is 1.53 bits per heavy atom. The van der Waals surface area contributed by atoms with Crippen LogP contribution in [0.4, 0.5) is 5.95 Å². The van der Waals surface area contributed by atoms with Crippen LogP contribution in [0.25, 0.3) is 0 Å². The number of hydrogen-bond donors (Lipinski definition) is 2. The molecular weight excluding hydrogens is 288 g/mol. The number of ether oxygens (including phenoxy) is 1. The van der Waals surface area contributed by atoms with Gasteiger partial charge in [-0.05, 0) is 12.1 Å². The van der Waals surface area contributed by atoms with Gasteiger partial charge >= 0.3 is 6.01 Å². The molecule has 0 fully saturated rings. The van der Waals surface area contributed by atoms with Crippen LogP contribution in [0.3, 0.4) is 0 Å². The molecule has 0 aliphatic rings. The second-order valence-corrected chi connectivity index (χ2v) is 4.86. The van der Waals surface area contributed by atoms with Crippen LogP contribution in [-0.4, -0.2) is 34.0 Å². The summed E-state index contributed by atoms with van der Waals surface area (Å²) in [4.78, 5) is 16.4. The topological polar surface area (TPSA) is 79.9 Å². The van der Waals surface area contributed by atoms with Gasteiger partial charge in [0.15, 0.2) is 0 Å². The Kier molecular flexibility index (Phi) is 4.64. The monoisotopic (exact) mass is 298 g/mol. The fourth-order valence-electron chi connectivity index (χ4n) is 1.27. The first kappa shape index (κ1) is 13.7. The van der Waals surface area contributed by atoms with Crippen molar-refractivity contribution in [2.24, 2.45) is 0 Å². The van der Waals surface area contributed by atoms with Gasteiger partial charge in [0, 0.05) is 4.90 Å². The number of benzene rings is 1. The molecule has 19 heavy (non-hydrogen) atoms. The van der Waals surface area contributed by atoms with Gasteiger partial charge in [0.1, 0.15) is 0 Å². The maximum atomic E-state index is 11.7. The van der Waals surface area contributed by atoms with E-state index in [4.69, 9.17) is 16.3 Å². The summed E-state index contributed by atoms with van der Waals surface area (Å²) in [5, 5.41) is 9.46. The van der Waals surface area contributed by atoms with Gasteiger partial charge in [0.05, 0.1) is 17.9 Å². The lowest BCUT2D eigenvalue weighted by atomic mass is 10.4. The van der Waals surface area contributed by atoms with Crippen LogP contribution in [0.2, 0.25) is 5.02 Å². The highest BCUT2D eigenvalue weighted by atomic mass is 35.5. The average Bonchev–Trinajstić information content (AvgIpc) is 2.85. The van der Waals surface area contributed by atoms with Crippen molar-refractivity contribution in [2.45, 2.75) is 4.90 Å². The quantitative estimate of drug-likeness (QED) is 0.827. The molecule has 0 unspecified atom stereocenters. The minimum atomic E-state index is -0.205. The van der Waals surface area contributed by atoms with Crippen LogP contribution in [-0.2, 0) is 4.79 Å². The van der Waals surface area contributed by atoms with E-state index in [2.05, 4.69) is 20.5 Å². The lowest BCUT2D eigenvalue weighted by Crippen LogP contribution is -2.15. The number of nitrogens with zero attached hydrogens (tertiary/aromatic N) is 2. The van der Waals surface area contributed by atoms with Crippen LogP contribution in [0.1, 0.15) is 0 Å². The third kappa shape index (κ3) is 3.87. The number of thioether (sulfide) groups is 1. The molecule has 2 rings (SSSR count). The summed E-state index contributed by atoms with van der Waals surface area (Å²) < 4.78 is 4.79. The minimum absolute atomic E-state index is 0.175. The number of carbonyl (C=O) groups is 1. The number of carbonyl (C=O) groups excluding carboxylic acids is 1. The molecule has 1 heterocycles. The average molecular weight is 299 g/mol. The molecular formula is C11H11ClN4O2S. The molecule has 1 aromatic heterocycles. The number of H-pyrrole nitrogens is 1. The van der Waals surface area contributed by atoms with Crippen LogP contribution in [0, 0.1) is 0 Å². The van der Waals surface area contributed by atoms with Crippen molar-refractivity contribution >= 4 is 35.2 Å². The zero-order valence-corrected chi connectivity index (χ0v) is 11.6. The fraction of sp³-hybridized carbons (Fsp3) is 0.182.